The zero-order valence-electron chi connectivity index (χ0n) is 12.1. The molecular weight excluding hydrogens is 292 g/mol. The molecule has 1 amide bonds. The highest BCUT2D eigenvalue weighted by molar-refractivity contribution is 5.94. The Kier molecular flexibility index (Phi) is 4.93. The Morgan fingerprint density at radius 3 is 2.14 bits per heavy atom. The Morgan fingerprint density at radius 2 is 1.59 bits per heavy atom. The molecule has 0 saturated heterocycles. The van der Waals surface area contributed by atoms with Crippen molar-refractivity contribution in [3.05, 3.63) is 54.1 Å². The van der Waals surface area contributed by atoms with E-state index in [4.69, 9.17) is 9.47 Å². The Hall–Kier alpha value is -2.63. The van der Waals surface area contributed by atoms with E-state index in [1.54, 1.807) is 24.3 Å². The van der Waals surface area contributed by atoms with E-state index in [2.05, 4.69) is 5.32 Å². The second kappa shape index (κ2) is 6.89. The normalized spacial score (nSPS) is 11.6. The number of ether oxygens (including phenoxy) is 2. The van der Waals surface area contributed by atoms with Crippen molar-refractivity contribution in [2.24, 2.45) is 0 Å². The molecule has 0 aliphatic rings. The molecule has 0 saturated carbocycles. The number of carbonyl (C=O) groups is 1. The van der Waals surface area contributed by atoms with Crippen LogP contribution in [0.15, 0.2) is 42.5 Å². The Balaban J connectivity index is 2.02. The van der Waals surface area contributed by atoms with Crippen molar-refractivity contribution in [3.63, 3.8) is 0 Å². The Bertz CT molecular complexity index is 639. The van der Waals surface area contributed by atoms with Crippen LogP contribution in [-0.2, 0) is 4.79 Å². The summed E-state index contributed by atoms with van der Waals surface area (Å²) in [6, 6.07) is 9.96. The molecule has 0 radical (unpaired) electrons. The van der Waals surface area contributed by atoms with E-state index < -0.39 is 29.3 Å². The van der Waals surface area contributed by atoms with Crippen LogP contribution in [0.5, 0.6) is 11.5 Å². The zero-order chi connectivity index (χ0) is 16.1. The lowest BCUT2D eigenvalue weighted by Crippen LogP contribution is -2.30. The van der Waals surface area contributed by atoms with Crippen LogP contribution in [-0.4, -0.2) is 19.1 Å². The lowest BCUT2D eigenvalue weighted by molar-refractivity contribution is -0.122. The van der Waals surface area contributed by atoms with Crippen LogP contribution in [0.4, 0.5) is 14.5 Å². The minimum Gasteiger partial charge on any atom is -0.497 e. The van der Waals surface area contributed by atoms with Crippen molar-refractivity contribution < 1.29 is 23.0 Å². The number of benzene rings is 2. The van der Waals surface area contributed by atoms with E-state index in [-0.39, 0.29) is 0 Å². The van der Waals surface area contributed by atoms with Gasteiger partial charge in [-0.15, -0.1) is 0 Å². The van der Waals surface area contributed by atoms with Gasteiger partial charge in [0.05, 0.1) is 7.11 Å². The van der Waals surface area contributed by atoms with Crippen molar-refractivity contribution in [3.8, 4) is 11.5 Å². The molecule has 2 aromatic rings. The third-order valence-electron chi connectivity index (χ3n) is 2.95. The van der Waals surface area contributed by atoms with Crippen LogP contribution in [0.1, 0.15) is 6.92 Å². The average molecular weight is 307 g/mol. The summed E-state index contributed by atoms with van der Waals surface area (Å²) in [7, 11) is 1.54. The number of rotatable bonds is 5. The highest BCUT2D eigenvalue weighted by atomic mass is 19.1. The maximum absolute atomic E-state index is 13.5. The molecule has 1 N–H and O–H groups in total. The lowest BCUT2D eigenvalue weighted by atomic mass is 10.2. The van der Waals surface area contributed by atoms with E-state index in [0.29, 0.717) is 11.5 Å². The third-order valence-corrected chi connectivity index (χ3v) is 2.95. The van der Waals surface area contributed by atoms with Crippen LogP contribution in [0.3, 0.4) is 0 Å². The van der Waals surface area contributed by atoms with Gasteiger partial charge in [0.1, 0.15) is 28.8 Å². The number of methoxy groups -OCH3 is 1. The van der Waals surface area contributed by atoms with Crippen LogP contribution in [0, 0.1) is 11.6 Å². The van der Waals surface area contributed by atoms with Crippen molar-refractivity contribution in [1.29, 1.82) is 0 Å². The molecule has 0 unspecified atom stereocenters. The lowest BCUT2D eigenvalue weighted by Gasteiger charge is -2.15. The second-order valence-electron chi connectivity index (χ2n) is 4.52. The Labute approximate surface area is 126 Å². The van der Waals surface area contributed by atoms with Gasteiger partial charge in [-0.05, 0) is 43.3 Å². The molecule has 6 heteroatoms. The van der Waals surface area contributed by atoms with E-state index in [9.17, 15) is 13.6 Å². The third kappa shape index (κ3) is 3.72. The van der Waals surface area contributed by atoms with E-state index in [1.165, 1.54) is 20.1 Å². The monoisotopic (exact) mass is 307 g/mol. The summed E-state index contributed by atoms with van der Waals surface area (Å²) in [5, 5.41) is 2.18. The molecule has 0 aliphatic heterocycles. The first-order chi connectivity index (χ1) is 10.5. The maximum atomic E-state index is 13.5. The molecule has 0 spiro atoms. The van der Waals surface area contributed by atoms with Gasteiger partial charge in [-0.3, -0.25) is 4.79 Å². The van der Waals surface area contributed by atoms with Crippen molar-refractivity contribution in [2.45, 2.75) is 13.0 Å². The molecule has 0 heterocycles. The maximum Gasteiger partial charge on any atom is 0.265 e. The molecule has 116 valence electrons. The predicted molar refractivity (Wildman–Crippen MR) is 78.1 cm³/mol. The topological polar surface area (TPSA) is 47.6 Å². The number of carbonyl (C=O) groups excluding carboxylic acids is 1. The molecular formula is C16H15F2NO3. The number of hydrogen-bond acceptors (Lipinski definition) is 3. The summed E-state index contributed by atoms with van der Waals surface area (Å²) in [5.74, 6) is -1.25. The van der Waals surface area contributed by atoms with E-state index in [0.717, 1.165) is 12.1 Å². The zero-order valence-corrected chi connectivity index (χ0v) is 12.1. The molecule has 0 aromatic heterocycles. The Morgan fingerprint density at radius 1 is 1.05 bits per heavy atom. The molecule has 0 aliphatic carbocycles. The smallest absolute Gasteiger partial charge is 0.265 e. The highest BCUT2D eigenvalue weighted by Crippen LogP contribution is 2.20. The molecule has 2 rings (SSSR count). The largest absolute Gasteiger partial charge is 0.497 e. The SMILES string of the molecule is COc1ccc(O[C@H](C)C(=O)Nc2c(F)cccc2F)cc1. The van der Waals surface area contributed by atoms with Gasteiger partial charge in [0.2, 0.25) is 0 Å². The van der Waals surface area contributed by atoms with Crippen LogP contribution < -0.4 is 14.8 Å². The molecule has 22 heavy (non-hydrogen) atoms. The van der Waals surface area contributed by atoms with E-state index in [1.807, 2.05) is 0 Å². The molecule has 2 aromatic carbocycles. The van der Waals surface area contributed by atoms with Gasteiger partial charge in [0, 0.05) is 0 Å². The van der Waals surface area contributed by atoms with Gasteiger partial charge < -0.3 is 14.8 Å². The fourth-order valence-electron chi connectivity index (χ4n) is 1.75. The van der Waals surface area contributed by atoms with Gasteiger partial charge in [-0.25, -0.2) is 8.78 Å². The number of para-hydroxylation sites is 1. The predicted octanol–water partition coefficient (Wildman–Crippen LogP) is 3.38. The summed E-state index contributed by atoms with van der Waals surface area (Å²) in [4.78, 5) is 12.0. The van der Waals surface area contributed by atoms with Gasteiger partial charge in [-0.1, -0.05) is 6.07 Å². The molecule has 0 bridgehead atoms. The van der Waals surface area contributed by atoms with Crippen LogP contribution in [0.25, 0.3) is 0 Å². The minimum atomic E-state index is -0.924. The molecule has 4 nitrogen and oxygen atoms in total. The summed E-state index contributed by atoms with van der Waals surface area (Å²) in [5.41, 5.74) is -0.488. The second-order valence-corrected chi connectivity index (χ2v) is 4.52. The van der Waals surface area contributed by atoms with Gasteiger partial charge in [0.25, 0.3) is 5.91 Å². The number of halogens is 2. The number of hydrogen-bond donors (Lipinski definition) is 1. The van der Waals surface area contributed by atoms with Gasteiger partial charge >= 0.3 is 0 Å². The van der Waals surface area contributed by atoms with Gasteiger partial charge in [-0.2, -0.15) is 0 Å². The highest BCUT2D eigenvalue weighted by Gasteiger charge is 2.18. The van der Waals surface area contributed by atoms with E-state index >= 15 is 0 Å². The number of anilines is 1. The van der Waals surface area contributed by atoms with Gasteiger partial charge in [0.15, 0.2) is 6.10 Å². The quantitative estimate of drug-likeness (QED) is 0.921. The van der Waals surface area contributed by atoms with Crippen molar-refractivity contribution in [1.82, 2.24) is 0 Å². The number of amides is 1. The average Bonchev–Trinajstić information content (AvgIpc) is 2.51. The summed E-state index contributed by atoms with van der Waals surface area (Å²) < 4.78 is 37.4. The summed E-state index contributed by atoms with van der Waals surface area (Å²) >= 11 is 0. The van der Waals surface area contributed by atoms with Crippen molar-refractivity contribution >= 4 is 11.6 Å². The fraction of sp³-hybridized carbons (Fsp3) is 0.188. The summed E-state index contributed by atoms with van der Waals surface area (Å²) in [6.45, 7) is 1.48. The summed E-state index contributed by atoms with van der Waals surface area (Å²) in [6.07, 6.45) is -0.924. The minimum absolute atomic E-state index is 0.442. The van der Waals surface area contributed by atoms with Crippen LogP contribution in [0.2, 0.25) is 0 Å². The van der Waals surface area contributed by atoms with Crippen LogP contribution >= 0.6 is 0 Å². The first kappa shape index (κ1) is 15.8. The first-order valence-corrected chi connectivity index (χ1v) is 6.57. The standard InChI is InChI=1S/C16H15F2NO3/c1-10(22-12-8-6-11(21-2)7-9-12)16(20)19-15-13(17)4-3-5-14(15)18/h3-10H,1-2H3,(H,19,20)/t10-/m1/s1. The van der Waals surface area contributed by atoms with Crippen molar-refractivity contribution in [2.75, 3.05) is 12.4 Å². The molecule has 1 atom stereocenters. The fourth-order valence-corrected chi connectivity index (χ4v) is 1.75. The first-order valence-electron chi connectivity index (χ1n) is 6.57. The number of nitrogens with one attached hydrogen (secondary N) is 1. The molecule has 0 fully saturated rings.